The Morgan fingerprint density at radius 3 is 2.75 bits per heavy atom. The van der Waals surface area contributed by atoms with Gasteiger partial charge in [-0.05, 0) is 6.92 Å². The Hall–Kier alpha value is -1.57. The second-order valence-corrected chi connectivity index (χ2v) is 3.81. The number of carbonyl (C=O) groups is 1. The van der Waals surface area contributed by atoms with E-state index in [0.29, 0.717) is 11.3 Å². The third kappa shape index (κ3) is 2.96. The van der Waals surface area contributed by atoms with Gasteiger partial charge in [-0.3, -0.25) is 14.9 Å². The molecule has 0 aliphatic rings. The van der Waals surface area contributed by atoms with Gasteiger partial charge in [0.05, 0.1) is 9.80 Å². The Morgan fingerprint density at radius 2 is 2.31 bits per heavy atom. The van der Waals surface area contributed by atoms with E-state index in [9.17, 15) is 23.7 Å². The molecule has 0 aromatic carbocycles. The van der Waals surface area contributed by atoms with Gasteiger partial charge in [0, 0.05) is 6.07 Å². The van der Waals surface area contributed by atoms with Crippen molar-refractivity contribution >= 4 is 22.8 Å². The lowest BCUT2D eigenvalue weighted by Gasteiger charge is -2.00. The highest BCUT2D eigenvalue weighted by molar-refractivity contribution is 7.16. The number of hydrogen-bond donors (Lipinski definition) is 0. The minimum Gasteiger partial charge on any atom is -0.473 e. The van der Waals surface area contributed by atoms with E-state index in [-0.39, 0.29) is 15.7 Å². The highest BCUT2D eigenvalue weighted by Crippen LogP contribution is 2.37. The third-order valence-electron chi connectivity index (χ3n) is 1.56. The summed E-state index contributed by atoms with van der Waals surface area (Å²) in [5.41, 5.74) is -0.462. The lowest BCUT2D eigenvalue weighted by Crippen LogP contribution is -2.06. The van der Waals surface area contributed by atoms with Crippen LogP contribution >= 0.6 is 11.3 Å². The van der Waals surface area contributed by atoms with Gasteiger partial charge in [-0.15, -0.1) is 0 Å². The Morgan fingerprint density at radius 1 is 1.69 bits per heavy atom. The van der Waals surface area contributed by atoms with Crippen LogP contribution in [-0.2, 0) is 0 Å². The Labute approximate surface area is 92.8 Å². The topological polar surface area (TPSA) is 69.4 Å². The van der Waals surface area contributed by atoms with Gasteiger partial charge in [0.25, 0.3) is 11.5 Å². The number of thiophene rings is 1. The summed E-state index contributed by atoms with van der Waals surface area (Å²) in [6.07, 6.45) is -2.72. The maximum atomic E-state index is 11.9. The SMILES string of the molecule is CC(=O)c1cc([N+](=O)[O-])c(OCC(F)F)s1. The molecule has 1 heterocycles. The maximum Gasteiger partial charge on any atom is 0.323 e. The normalized spacial score (nSPS) is 10.5. The van der Waals surface area contributed by atoms with E-state index in [1.807, 2.05) is 0 Å². The molecule has 8 heteroatoms. The van der Waals surface area contributed by atoms with Crippen molar-refractivity contribution in [3.05, 3.63) is 21.1 Å². The van der Waals surface area contributed by atoms with Crippen molar-refractivity contribution in [3.8, 4) is 5.06 Å². The fraction of sp³-hybridized carbons (Fsp3) is 0.375. The van der Waals surface area contributed by atoms with Crippen molar-refractivity contribution in [2.45, 2.75) is 13.3 Å². The molecular weight excluding hydrogens is 244 g/mol. The zero-order valence-corrected chi connectivity index (χ0v) is 8.92. The van der Waals surface area contributed by atoms with Crippen LogP contribution in [-0.4, -0.2) is 23.7 Å². The molecule has 0 saturated heterocycles. The molecular formula is C8H7F2NO4S. The number of ketones is 1. The number of nitro groups is 1. The highest BCUT2D eigenvalue weighted by Gasteiger charge is 2.23. The first kappa shape index (κ1) is 12.5. The quantitative estimate of drug-likeness (QED) is 0.458. The van der Waals surface area contributed by atoms with Crippen molar-refractivity contribution in [2.24, 2.45) is 0 Å². The second-order valence-electron chi connectivity index (χ2n) is 2.80. The fourth-order valence-corrected chi connectivity index (χ4v) is 1.79. The molecule has 0 spiro atoms. The summed E-state index contributed by atoms with van der Waals surface area (Å²) < 4.78 is 28.3. The molecule has 88 valence electrons. The number of nitrogens with zero attached hydrogens (tertiary/aromatic N) is 1. The monoisotopic (exact) mass is 251 g/mol. The number of Topliss-reactive ketones (excluding diaryl/α,β-unsaturated/α-hetero) is 1. The summed E-state index contributed by atoms with van der Waals surface area (Å²) in [6.45, 7) is 0.297. The zero-order chi connectivity index (χ0) is 12.3. The van der Waals surface area contributed by atoms with Gasteiger partial charge in [-0.25, -0.2) is 8.78 Å². The lowest BCUT2D eigenvalue weighted by atomic mass is 10.3. The molecule has 16 heavy (non-hydrogen) atoms. The summed E-state index contributed by atoms with van der Waals surface area (Å²) in [5.74, 6) is -0.375. The van der Waals surface area contributed by atoms with Crippen LogP contribution in [0.4, 0.5) is 14.5 Å². The van der Waals surface area contributed by atoms with Crippen LogP contribution in [0.25, 0.3) is 0 Å². The van der Waals surface area contributed by atoms with Crippen LogP contribution < -0.4 is 4.74 Å². The molecule has 0 bridgehead atoms. The molecule has 1 rings (SSSR count). The first-order chi connectivity index (χ1) is 7.41. The summed E-state index contributed by atoms with van der Waals surface area (Å²) in [6, 6.07) is 1.02. The van der Waals surface area contributed by atoms with Gasteiger partial charge >= 0.3 is 5.69 Å². The number of rotatable bonds is 5. The number of alkyl halides is 2. The number of ether oxygens (including phenoxy) is 1. The minimum absolute atomic E-state index is 0.107. The number of halogens is 2. The molecule has 0 atom stereocenters. The molecule has 0 fully saturated rings. The smallest absolute Gasteiger partial charge is 0.323 e. The first-order valence-corrected chi connectivity index (χ1v) is 4.93. The third-order valence-corrected chi connectivity index (χ3v) is 2.70. The number of hydrogen-bond acceptors (Lipinski definition) is 5. The van der Waals surface area contributed by atoms with E-state index in [1.165, 1.54) is 6.92 Å². The Balaban J connectivity index is 2.96. The molecule has 0 aliphatic heterocycles. The Kier molecular flexibility index (Phi) is 3.88. The van der Waals surface area contributed by atoms with E-state index >= 15 is 0 Å². The van der Waals surface area contributed by atoms with E-state index in [0.717, 1.165) is 6.07 Å². The molecule has 0 aliphatic carbocycles. The maximum absolute atomic E-state index is 11.9. The van der Waals surface area contributed by atoms with Gasteiger partial charge in [0.1, 0.15) is 0 Å². The van der Waals surface area contributed by atoms with E-state index in [1.54, 1.807) is 0 Å². The van der Waals surface area contributed by atoms with Gasteiger partial charge in [-0.1, -0.05) is 11.3 Å². The Bertz CT molecular complexity index is 418. The average molecular weight is 251 g/mol. The summed E-state index contributed by atoms with van der Waals surface area (Å²) >= 11 is 0.691. The van der Waals surface area contributed by atoms with Gasteiger partial charge in [0.2, 0.25) is 0 Å². The highest BCUT2D eigenvalue weighted by atomic mass is 32.1. The number of carbonyl (C=O) groups excluding carboxylic acids is 1. The minimum atomic E-state index is -2.72. The van der Waals surface area contributed by atoms with Gasteiger partial charge < -0.3 is 4.74 Å². The van der Waals surface area contributed by atoms with Crippen LogP contribution in [0.1, 0.15) is 16.6 Å². The molecule has 0 amide bonds. The first-order valence-electron chi connectivity index (χ1n) is 4.12. The van der Waals surface area contributed by atoms with Crippen LogP contribution in [0.2, 0.25) is 0 Å². The zero-order valence-electron chi connectivity index (χ0n) is 8.11. The largest absolute Gasteiger partial charge is 0.473 e. The van der Waals surface area contributed by atoms with E-state index in [2.05, 4.69) is 4.74 Å². The summed E-state index contributed by atoms with van der Waals surface area (Å²) in [7, 11) is 0. The molecule has 0 unspecified atom stereocenters. The van der Waals surface area contributed by atoms with Crippen LogP contribution in [0.5, 0.6) is 5.06 Å². The lowest BCUT2D eigenvalue weighted by molar-refractivity contribution is -0.385. The predicted molar refractivity (Wildman–Crippen MR) is 52.5 cm³/mol. The molecule has 0 saturated carbocycles. The van der Waals surface area contributed by atoms with Crippen molar-refractivity contribution in [1.29, 1.82) is 0 Å². The molecule has 1 aromatic rings. The van der Waals surface area contributed by atoms with Crippen LogP contribution in [0.3, 0.4) is 0 Å². The van der Waals surface area contributed by atoms with Crippen molar-refractivity contribution < 1.29 is 23.2 Å². The van der Waals surface area contributed by atoms with Crippen LogP contribution in [0, 0.1) is 10.1 Å². The predicted octanol–water partition coefficient (Wildman–Crippen LogP) is 2.50. The second kappa shape index (κ2) is 4.97. The van der Waals surface area contributed by atoms with Crippen molar-refractivity contribution in [1.82, 2.24) is 0 Å². The summed E-state index contributed by atoms with van der Waals surface area (Å²) in [4.78, 5) is 20.8. The van der Waals surface area contributed by atoms with Crippen molar-refractivity contribution in [3.63, 3.8) is 0 Å². The molecule has 5 nitrogen and oxygen atoms in total. The summed E-state index contributed by atoms with van der Waals surface area (Å²) in [5, 5.41) is 10.3. The van der Waals surface area contributed by atoms with Gasteiger partial charge in [-0.2, -0.15) is 0 Å². The van der Waals surface area contributed by atoms with E-state index in [4.69, 9.17) is 0 Å². The fourth-order valence-electron chi connectivity index (χ4n) is 0.908. The molecule has 1 aromatic heterocycles. The standard InChI is InChI=1S/C8H7F2NO4S/c1-4(12)6-2-5(11(13)14)8(16-6)15-3-7(9)10/h2,7H,3H2,1H3. The van der Waals surface area contributed by atoms with Crippen LogP contribution in [0.15, 0.2) is 6.07 Å². The van der Waals surface area contributed by atoms with Gasteiger partial charge in [0.15, 0.2) is 12.4 Å². The van der Waals surface area contributed by atoms with Crippen molar-refractivity contribution in [2.75, 3.05) is 6.61 Å². The average Bonchev–Trinajstić information content (AvgIpc) is 2.58. The molecule has 0 N–H and O–H groups in total. The molecule has 0 radical (unpaired) electrons. The van der Waals surface area contributed by atoms with E-state index < -0.39 is 23.6 Å².